The van der Waals surface area contributed by atoms with Crippen molar-refractivity contribution in [2.45, 2.75) is 38.8 Å². The average molecular weight is 338 g/mol. The van der Waals surface area contributed by atoms with Gasteiger partial charge in [-0.1, -0.05) is 42.5 Å². The Bertz CT molecular complexity index is 744. The molecule has 1 amide bonds. The first kappa shape index (κ1) is 17.5. The predicted octanol–water partition coefficient (Wildman–Crippen LogP) is 3.50. The number of aryl methyl sites for hydroxylation is 2. The number of nitrogens with zero attached hydrogens (tertiary/aromatic N) is 1. The van der Waals surface area contributed by atoms with E-state index in [1.807, 2.05) is 48.2 Å². The zero-order chi connectivity index (χ0) is 17.8. The van der Waals surface area contributed by atoms with Crippen molar-refractivity contribution in [3.8, 4) is 0 Å². The molecule has 2 N–H and O–H groups in total. The van der Waals surface area contributed by atoms with Crippen LogP contribution in [0, 0.1) is 6.92 Å². The van der Waals surface area contributed by atoms with E-state index in [2.05, 4.69) is 19.1 Å². The highest BCUT2D eigenvalue weighted by Gasteiger charge is 2.30. The van der Waals surface area contributed by atoms with Gasteiger partial charge in [0.15, 0.2) is 0 Å². The summed E-state index contributed by atoms with van der Waals surface area (Å²) < 4.78 is 6.01. The Morgan fingerprint density at radius 1 is 1.20 bits per heavy atom. The number of rotatable bonds is 4. The van der Waals surface area contributed by atoms with Gasteiger partial charge in [-0.15, -0.1) is 0 Å². The lowest BCUT2D eigenvalue weighted by Crippen LogP contribution is -2.48. The molecule has 0 unspecified atom stereocenters. The fraction of sp³-hybridized carbons (Fsp3) is 0.381. The first-order chi connectivity index (χ1) is 12.1. The lowest BCUT2D eigenvalue weighted by Gasteiger charge is -2.38. The van der Waals surface area contributed by atoms with Crippen molar-refractivity contribution in [2.24, 2.45) is 0 Å². The van der Waals surface area contributed by atoms with Gasteiger partial charge < -0.3 is 15.4 Å². The molecule has 1 fully saturated rings. The maximum absolute atomic E-state index is 12.8. The molecule has 1 aliphatic heterocycles. The van der Waals surface area contributed by atoms with Gasteiger partial charge in [0.2, 0.25) is 5.91 Å². The van der Waals surface area contributed by atoms with Crippen LogP contribution in [0.3, 0.4) is 0 Å². The first-order valence-electron chi connectivity index (χ1n) is 8.86. The minimum Gasteiger partial charge on any atom is -0.399 e. The Kier molecular flexibility index (Phi) is 5.39. The van der Waals surface area contributed by atoms with Crippen LogP contribution < -0.4 is 5.73 Å². The van der Waals surface area contributed by atoms with Gasteiger partial charge in [0.25, 0.3) is 0 Å². The summed E-state index contributed by atoms with van der Waals surface area (Å²) in [6.07, 6.45) is 1.09. The SMILES string of the molecule is Cc1ccccc1[C@H]1CN(C(=O)CCc2ccccc2N)[C@H](C)CO1. The van der Waals surface area contributed by atoms with E-state index in [4.69, 9.17) is 10.5 Å². The summed E-state index contributed by atoms with van der Waals surface area (Å²) >= 11 is 0. The fourth-order valence-corrected chi connectivity index (χ4v) is 3.39. The van der Waals surface area contributed by atoms with Crippen molar-refractivity contribution in [3.63, 3.8) is 0 Å². The maximum atomic E-state index is 12.8. The Labute approximate surface area is 149 Å². The Morgan fingerprint density at radius 2 is 1.92 bits per heavy atom. The van der Waals surface area contributed by atoms with Crippen LogP contribution >= 0.6 is 0 Å². The molecule has 1 heterocycles. The van der Waals surface area contributed by atoms with E-state index in [1.54, 1.807) is 0 Å². The average Bonchev–Trinajstić information content (AvgIpc) is 2.62. The van der Waals surface area contributed by atoms with Crippen LogP contribution in [0.2, 0.25) is 0 Å². The number of amides is 1. The summed E-state index contributed by atoms with van der Waals surface area (Å²) in [5, 5.41) is 0. The molecule has 3 rings (SSSR count). The molecule has 1 saturated heterocycles. The fourth-order valence-electron chi connectivity index (χ4n) is 3.39. The third kappa shape index (κ3) is 4.02. The number of carbonyl (C=O) groups is 1. The van der Waals surface area contributed by atoms with E-state index in [0.717, 1.165) is 11.3 Å². The normalized spacial score (nSPS) is 20.5. The second-order valence-corrected chi connectivity index (χ2v) is 6.77. The number of carbonyl (C=O) groups excluding carboxylic acids is 1. The quantitative estimate of drug-likeness (QED) is 0.868. The maximum Gasteiger partial charge on any atom is 0.223 e. The van der Waals surface area contributed by atoms with Gasteiger partial charge in [-0.25, -0.2) is 0 Å². The van der Waals surface area contributed by atoms with Crippen LogP contribution in [0.4, 0.5) is 5.69 Å². The molecule has 0 spiro atoms. The lowest BCUT2D eigenvalue weighted by molar-refractivity contribution is -0.144. The monoisotopic (exact) mass is 338 g/mol. The molecule has 0 aromatic heterocycles. The highest BCUT2D eigenvalue weighted by molar-refractivity contribution is 5.77. The number of morpholine rings is 1. The molecule has 25 heavy (non-hydrogen) atoms. The third-order valence-corrected chi connectivity index (χ3v) is 4.95. The highest BCUT2D eigenvalue weighted by atomic mass is 16.5. The van der Waals surface area contributed by atoms with Gasteiger partial charge in [-0.05, 0) is 43.0 Å². The molecule has 1 aliphatic rings. The molecule has 0 bridgehead atoms. The minimum absolute atomic E-state index is 0.0526. The van der Waals surface area contributed by atoms with E-state index in [1.165, 1.54) is 11.1 Å². The number of hydrogen-bond donors (Lipinski definition) is 1. The molecular weight excluding hydrogens is 312 g/mol. The van der Waals surface area contributed by atoms with Crippen LogP contribution in [0.15, 0.2) is 48.5 Å². The number of para-hydroxylation sites is 1. The first-order valence-corrected chi connectivity index (χ1v) is 8.86. The second kappa shape index (κ2) is 7.70. The van der Waals surface area contributed by atoms with E-state index >= 15 is 0 Å². The largest absolute Gasteiger partial charge is 0.399 e. The summed E-state index contributed by atoms with van der Waals surface area (Å²) in [4.78, 5) is 14.7. The summed E-state index contributed by atoms with van der Waals surface area (Å²) in [6.45, 7) is 5.30. The van der Waals surface area contributed by atoms with E-state index in [0.29, 0.717) is 26.0 Å². The Morgan fingerprint density at radius 3 is 2.68 bits per heavy atom. The molecule has 2 aromatic carbocycles. The number of ether oxygens (including phenoxy) is 1. The van der Waals surface area contributed by atoms with Gasteiger partial charge >= 0.3 is 0 Å². The number of hydrogen-bond acceptors (Lipinski definition) is 3. The van der Waals surface area contributed by atoms with E-state index in [9.17, 15) is 4.79 Å². The number of benzene rings is 2. The van der Waals surface area contributed by atoms with E-state index in [-0.39, 0.29) is 18.1 Å². The lowest BCUT2D eigenvalue weighted by atomic mass is 10.0. The molecule has 0 radical (unpaired) electrons. The van der Waals surface area contributed by atoms with Crippen LogP contribution in [0.5, 0.6) is 0 Å². The minimum atomic E-state index is -0.0526. The van der Waals surface area contributed by atoms with Gasteiger partial charge in [0, 0.05) is 12.1 Å². The summed E-state index contributed by atoms with van der Waals surface area (Å²) in [7, 11) is 0. The molecule has 0 aliphatic carbocycles. The third-order valence-electron chi connectivity index (χ3n) is 4.95. The van der Waals surface area contributed by atoms with Crippen molar-refractivity contribution < 1.29 is 9.53 Å². The van der Waals surface area contributed by atoms with Gasteiger partial charge in [-0.2, -0.15) is 0 Å². The highest BCUT2D eigenvalue weighted by Crippen LogP contribution is 2.27. The Balaban J connectivity index is 1.66. The molecule has 132 valence electrons. The van der Waals surface area contributed by atoms with Crippen LogP contribution in [0.25, 0.3) is 0 Å². The smallest absolute Gasteiger partial charge is 0.223 e. The number of nitrogen functional groups attached to an aromatic ring is 1. The van der Waals surface area contributed by atoms with E-state index < -0.39 is 0 Å². The van der Waals surface area contributed by atoms with Crippen LogP contribution in [0.1, 0.15) is 36.1 Å². The molecule has 2 aromatic rings. The Hall–Kier alpha value is -2.33. The summed E-state index contributed by atoms with van der Waals surface area (Å²) in [5.74, 6) is 0.164. The van der Waals surface area contributed by atoms with Crippen molar-refractivity contribution in [1.29, 1.82) is 0 Å². The van der Waals surface area contributed by atoms with Crippen molar-refractivity contribution in [2.75, 3.05) is 18.9 Å². The zero-order valence-electron chi connectivity index (χ0n) is 14.9. The van der Waals surface area contributed by atoms with Gasteiger partial charge in [-0.3, -0.25) is 4.79 Å². The van der Waals surface area contributed by atoms with Crippen molar-refractivity contribution >= 4 is 11.6 Å². The predicted molar refractivity (Wildman–Crippen MR) is 100 cm³/mol. The standard InChI is InChI=1S/C21H26N2O2/c1-15-7-3-5-9-18(15)20-13-23(16(2)14-25-20)21(24)12-11-17-8-4-6-10-19(17)22/h3-10,16,20H,11-14,22H2,1-2H3/t16-,20-/m1/s1. The van der Waals surface area contributed by atoms with Gasteiger partial charge in [0.05, 0.1) is 19.2 Å². The van der Waals surface area contributed by atoms with Gasteiger partial charge in [0.1, 0.15) is 6.10 Å². The van der Waals surface area contributed by atoms with Crippen molar-refractivity contribution in [3.05, 3.63) is 65.2 Å². The van der Waals surface area contributed by atoms with Crippen molar-refractivity contribution in [1.82, 2.24) is 4.90 Å². The topological polar surface area (TPSA) is 55.6 Å². The molecular formula is C21H26N2O2. The van der Waals surface area contributed by atoms with Crippen LogP contribution in [-0.2, 0) is 16.0 Å². The zero-order valence-corrected chi connectivity index (χ0v) is 14.9. The molecule has 0 saturated carbocycles. The molecule has 2 atom stereocenters. The summed E-state index contributed by atoms with van der Waals surface area (Å²) in [6, 6.07) is 16.1. The van der Waals surface area contributed by atoms with Crippen LogP contribution in [-0.4, -0.2) is 30.0 Å². The number of anilines is 1. The molecule has 4 nitrogen and oxygen atoms in total. The molecule has 4 heteroatoms. The second-order valence-electron chi connectivity index (χ2n) is 6.77. The summed E-state index contributed by atoms with van der Waals surface area (Å²) in [5.41, 5.74) is 10.1. The number of nitrogens with two attached hydrogens (primary N) is 1.